The van der Waals surface area contributed by atoms with Crippen molar-refractivity contribution < 1.29 is 23.8 Å². The molecule has 1 aliphatic rings. The van der Waals surface area contributed by atoms with E-state index in [0.717, 1.165) is 35.0 Å². The highest BCUT2D eigenvalue weighted by molar-refractivity contribution is 6.06. The Balaban J connectivity index is 1.38. The van der Waals surface area contributed by atoms with Crippen molar-refractivity contribution in [3.05, 3.63) is 95.2 Å². The highest BCUT2D eigenvalue weighted by Gasteiger charge is 2.28. The van der Waals surface area contributed by atoms with Crippen LogP contribution in [0.1, 0.15) is 39.5 Å². The fraction of sp³-hybridized carbons (Fsp3) is 0.233. The Kier molecular flexibility index (Phi) is 7.03. The second kappa shape index (κ2) is 10.7. The van der Waals surface area contributed by atoms with Crippen molar-refractivity contribution in [1.82, 2.24) is 4.98 Å². The van der Waals surface area contributed by atoms with Crippen molar-refractivity contribution in [2.75, 3.05) is 26.1 Å². The Morgan fingerprint density at radius 2 is 1.65 bits per heavy atom. The normalized spacial score (nSPS) is 14.5. The number of aromatic nitrogens is 1. The Hall–Kier alpha value is -4.39. The smallest absolute Gasteiger partial charge is 0.339 e. The van der Waals surface area contributed by atoms with E-state index in [1.165, 1.54) is 19.8 Å². The first-order valence-electron chi connectivity index (χ1n) is 12.2. The number of methoxy groups -OCH3 is 2. The van der Waals surface area contributed by atoms with Gasteiger partial charge >= 0.3 is 5.97 Å². The molecule has 0 radical (unpaired) electrons. The lowest BCUT2D eigenvalue weighted by molar-refractivity contribution is -0.119. The molecule has 188 valence electrons. The standard InChI is InChI=1S/C30H28N2O5/c1-35-22-15-21(16-23(17-22)36-2)31-28(33)18-37-30(34)29-24-10-6-7-11-26(24)32-27-13-12-20(14-25(27)29)19-8-4-3-5-9-19/h3-11,15-17,20H,12-14,18H2,1-2H3,(H,31,33). The molecule has 3 aromatic carbocycles. The Labute approximate surface area is 215 Å². The second-order valence-electron chi connectivity index (χ2n) is 9.01. The summed E-state index contributed by atoms with van der Waals surface area (Å²) in [6.45, 7) is -0.425. The first-order chi connectivity index (χ1) is 18.1. The van der Waals surface area contributed by atoms with E-state index in [0.29, 0.717) is 29.2 Å². The lowest BCUT2D eigenvalue weighted by Crippen LogP contribution is -2.24. The molecule has 7 heteroatoms. The average Bonchev–Trinajstić information content (AvgIpc) is 2.94. The van der Waals surface area contributed by atoms with Crippen LogP contribution >= 0.6 is 0 Å². The van der Waals surface area contributed by atoms with Crippen LogP contribution in [-0.2, 0) is 22.4 Å². The number of pyridine rings is 1. The van der Waals surface area contributed by atoms with Crippen LogP contribution in [0.3, 0.4) is 0 Å². The zero-order valence-corrected chi connectivity index (χ0v) is 20.8. The molecule has 1 atom stereocenters. The number of hydrogen-bond donors (Lipinski definition) is 1. The largest absolute Gasteiger partial charge is 0.497 e. The number of ether oxygens (including phenoxy) is 3. The van der Waals surface area contributed by atoms with Gasteiger partial charge in [0.2, 0.25) is 0 Å². The predicted octanol–water partition coefficient (Wildman–Crippen LogP) is 5.32. The van der Waals surface area contributed by atoms with Gasteiger partial charge in [0.25, 0.3) is 5.91 Å². The van der Waals surface area contributed by atoms with Crippen molar-refractivity contribution in [2.45, 2.75) is 25.2 Å². The first-order valence-corrected chi connectivity index (χ1v) is 12.2. The van der Waals surface area contributed by atoms with E-state index < -0.39 is 18.5 Å². The molecule has 1 N–H and O–H groups in total. The van der Waals surface area contributed by atoms with Gasteiger partial charge in [0.05, 0.1) is 25.3 Å². The Morgan fingerprint density at radius 1 is 0.946 bits per heavy atom. The molecule has 0 fully saturated rings. The highest BCUT2D eigenvalue weighted by atomic mass is 16.5. The van der Waals surface area contributed by atoms with E-state index in [4.69, 9.17) is 19.2 Å². The van der Waals surface area contributed by atoms with Crippen molar-refractivity contribution in [3.8, 4) is 11.5 Å². The van der Waals surface area contributed by atoms with Gasteiger partial charge in [-0.3, -0.25) is 9.78 Å². The van der Waals surface area contributed by atoms with Crippen LogP contribution in [0, 0.1) is 0 Å². The third kappa shape index (κ3) is 5.26. The van der Waals surface area contributed by atoms with Crippen LogP contribution in [0.25, 0.3) is 10.9 Å². The van der Waals surface area contributed by atoms with E-state index in [2.05, 4.69) is 17.4 Å². The minimum Gasteiger partial charge on any atom is -0.497 e. The fourth-order valence-corrected chi connectivity index (χ4v) is 4.91. The summed E-state index contributed by atoms with van der Waals surface area (Å²) in [5.74, 6) is 0.374. The lowest BCUT2D eigenvalue weighted by Gasteiger charge is -2.26. The Bertz CT molecular complexity index is 1430. The predicted molar refractivity (Wildman–Crippen MR) is 141 cm³/mol. The number of benzene rings is 3. The number of nitrogens with one attached hydrogen (secondary N) is 1. The molecule has 5 rings (SSSR count). The molecule has 0 saturated heterocycles. The molecule has 37 heavy (non-hydrogen) atoms. The summed E-state index contributed by atoms with van der Waals surface area (Å²) >= 11 is 0. The summed E-state index contributed by atoms with van der Waals surface area (Å²) in [6, 6.07) is 22.9. The number of hydrogen-bond acceptors (Lipinski definition) is 6. The van der Waals surface area contributed by atoms with E-state index >= 15 is 0 Å². The average molecular weight is 497 g/mol. The zero-order chi connectivity index (χ0) is 25.8. The summed E-state index contributed by atoms with van der Waals surface area (Å²) in [5, 5.41) is 3.47. The maximum Gasteiger partial charge on any atom is 0.339 e. The molecule has 1 aromatic heterocycles. The minimum atomic E-state index is -0.526. The van der Waals surface area contributed by atoms with Crippen LogP contribution in [0.4, 0.5) is 5.69 Å². The van der Waals surface area contributed by atoms with Gasteiger partial charge in [-0.15, -0.1) is 0 Å². The number of nitrogens with zero attached hydrogens (tertiary/aromatic N) is 1. The monoisotopic (exact) mass is 496 g/mol. The SMILES string of the molecule is COc1cc(NC(=O)COC(=O)c2c3c(nc4ccccc24)CCC(c2ccccc2)C3)cc(OC)c1. The number of rotatable bonds is 7. The third-order valence-electron chi connectivity index (χ3n) is 6.70. The Morgan fingerprint density at radius 3 is 2.38 bits per heavy atom. The van der Waals surface area contributed by atoms with E-state index in [-0.39, 0.29) is 5.92 Å². The minimum absolute atomic E-state index is 0.287. The molecule has 1 aliphatic carbocycles. The highest BCUT2D eigenvalue weighted by Crippen LogP contribution is 2.36. The first kappa shape index (κ1) is 24.3. The van der Waals surface area contributed by atoms with Crippen molar-refractivity contribution in [1.29, 1.82) is 0 Å². The molecule has 1 heterocycles. The van der Waals surface area contributed by atoms with E-state index in [1.54, 1.807) is 18.2 Å². The van der Waals surface area contributed by atoms with Gasteiger partial charge in [-0.25, -0.2) is 4.79 Å². The lowest BCUT2D eigenvalue weighted by atomic mass is 9.80. The van der Waals surface area contributed by atoms with Gasteiger partial charge in [-0.1, -0.05) is 48.5 Å². The maximum absolute atomic E-state index is 13.5. The summed E-state index contributed by atoms with van der Waals surface area (Å²) in [4.78, 5) is 31.0. The van der Waals surface area contributed by atoms with Crippen LogP contribution in [0.15, 0.2) is 72.8 Å². The number of carbonyl (C=O) groups is 2. The number of aryl methyl sites for hydroxylation is 1. The van der Waals surface area contributed by atoms with Crippen molar-refractivity contribution >= 4 is 28.5 Å². The fourth-order valence-electron chi connectivity index (χ4n) is 4.91. The molecular formula is C30H28N2O5. The molecule has 0 aliphatic heterocycles. The number of carbonyl (C=O) groups excluding carboxylic acids is 2. The van der Waals surface area contributed by atoms with E-state index in [1.807, 2.05) is 42.5 Å². The summed E-state index contributed by atoms with van der Waals surface area (Å²) in [5.41, 5.74) is 4.80. The molecule has 0 spiro atoms. The van der Waals surface area contributed by atoms with Gasteiger partial charge < -0.3 is 19.5 Å². The number of fused-ring (bicyclic) bond motifs is 2. The molecule has 0 saturated carbocycles. The van der Waals surface area contributed by atoms with Crippen molar-refractivity contribution in [2.24, 2.45) is 0 Å². The maximum atomic E-state index is 13.5. The molecule has 1 amide bonds. The summed E-state index contributed by atoms with van der Waals surface area (Å²) in [7, 11) is 3.06. The van der Waals surface area contributed by atoms with Gasteiger partial charge in [0.15, 0.2) is 6.61 Å². The van der Waals surface area contributed by atoms with Gasteiger partial charge in [0, 0.05) is 35.0 Å². The number of esters is 1. The van der Waals surface area contributed by atoms with Gasteiger partial charge in [-0.05, 0) is 42.4 Å². The number of amides is 1. The second-order valence-corrected chi connectivity index (χ2v) is 9.01. The molecule has 1 unspecified atom stereocenters. The quantitative estimate of drug-likeness (QED) is 0.349. The molecule has 7 nitrogen and oxygen atoms in total. The van der Waals surface area contributed by atoms with Crippen LogP contribution in [-0.4, -0.2) is 37.7 Å². The van der Waals surface area contributed by atoms with Crippen molar-refractivity contribution in [3.63, 3.8) is 0 Å². The van der Waals surface area contributed by atoms with Crippen LogP contribution < -0.4 is 14.8 Å². The summed E-state index contributed by atoms with van der Waals surface area (Å²) < 4.78 is 16.0. The molecular weight excluding hydrogens is 468 g/mol. The number of anilines is 1. The third-order valence-corrected chi connectivity index (χ3v) is 6.70. The number of para-hydroxylation sites is 1. The van der Waals surface area contributed by atoms with Gasteiger partial charge in [-0.2, -0.15) is 0 Å². The van der Waals surface area contributed by atoms with Crippen LogP contribution in [0.2, 0.25) is 0 Å². The summed E-state index contributed by atoms with van der Waals surface area (Å²) in [6.07, 6.45) is 2.43. The van der Waals surface area contributed by atoms with Gasteiger partial charge in [0.1, 0.15) is 11.5 Å². The molecule has 4 aromatic rings. The van der Waals surface area contributed by atoms with Crippen LogP contribution in [0.5, 0.6) is 11.5 Å². The van der Waals surface area contributed by atoms with E-state index in [9.17, 15) is 9.59 Å². The topological polar surface area (TPSA) is 86.8 Å². The molecule has 0 bridgehead atoms. The zero-order valence-electron chi connectivity index (χ0n) is 20.8.